The maximum atomic E-state index is 11.7. The zero-order chi connectivity index (χ0) is 12.0. The van der Waals surface area contributed by atoms with Gasteiger partial charge in [-0.25, -0.2) is 13.6 Å². The Bertz CT molecular complexity index is 748. The second kappa shape index (κ2) is 3.38. The summed E-state index contributed by atoms with van der Waals surface area (Å²) in [6, 6.07) is 3.63. The van der Waals surface area contributed by atoms with Crippen LogP contribution in [-0.4, -0.2) is 13.4 Å². The molecule has 0 spiro atoms. The van der Waals surface area contributed by atoms with Gasteiger partial charge in [0, 0.05) is 23.2 Å². The van der Waals surface area contributed by atoms with Crippen LogP contribution in [0.15, 0.2) is 35.5 Å². The van der Waals surface area contributed by atoms with Gasteiger partial charge in [-0.1, -0.05) is 12.2 Å². The molecule has 1 aliphatic carbocycles. The average Bonchev–Trinajstić information content (AvgIpc) is 2.71. The molecule has 2 N–H and O–H groups in total. The topological polar surface area (TPSA) is 73.1 Å². The summed E-state index contributed by atoms with van der Waals surface area (Å²) in [5, 5.41) is 6.76. The minimum Gasteiger partial charge on any atom is -0.264 e. The Morgan fingerprint density at radius 3 is 2.94 bits per heavy atom. The van der Waals surface area contributed by atoms with E-state index in [1.54, 1.807) is 18.5 Å². The van der Waals surface area contributed by atoms with Crippen molar-refractivity contribution >= 4 is 26.9 Å². The molecular formula is C12H10N2O2S. The van der Waals surface area contributed by atoms with Crippen LogP contribution in [0.25, 0.3) is 16.8 Å². The summed E-state index contributed by atoms with van der Waals surface area (Å²) in [6.07, 6.45) is 7.68. The minimum absolute atomic E-state index is 0.234. The number of hydrogen-bond donors (Lipinski definition) is 1. The summed E-state index contributed by atoms with van der Waals surface area (Å²) in [7, 11) is -3.72. The van der Waals surface area contributed by atoms with Crippen LogP contribution in [0, 0.1) is 0 Å². The Morgan fingerprint density at radius 1 is 1.35 bits per heavy atom. The predicted octanol–water partition coefficient (Wildman–Crippen LogP) is 1.45. The molecule has 1 heterocycles. The van der Waals surface area contributed by atoms with Gasteiger partial charge in [-0.05, 0) is 29.7 Å². The number of hydrogen-bond acceptors (Lipinski definition) is 3. The number of aromatic nitrogens is 1. The van der Waals surface area contributed by atoms with Gasteiger partial charge < -0.3 is 0 Å². The van der Waals surface area contributed by atoms with Gasteiger partial charge in [-0.2, -0.15) is 0 Å². The van der Waals surface area contributed by atoms with Crippen molar-refractivity contribution in [3.8, 4) is 0 Å². The van der Waals surface area contributed by atoms with Gasteiger partial charge in [0.1, 0.15) is 0 Å². The molecule has 0 saturated carbocycles. The van der Waals surface area contributed by atoms with Crippen molar-refractivity contribution < 1.29 is 8.42 Å². The third kappa shape index (κ3) is 1.55. The number of pyridine rings is 1. The first-order valence-electron chi connectivity index (χ1n) is 5.16. The van der Waals surface area contributed by atoms with Crippen LogP contribution in [0.1, 0.15) is 11.1 Å². The molecule has 0 unspecified atom stereocenters. The Morgan fingerprint density at radius 2 is 2.18 bits per heavy atom. The van der Waals surface area contributed by atoms with E-state index in [2.05, 4.69) is 4.98 Å². The molecule has 0 aliphatic heterocycles. The lowest BCUT2D eigenvalue weighted by atomic mass is 10.0. The van der Waals surface area contributed by atoms with E-state index < -0.39 is 10.0 Å². The van der Waals surface area contributed by atoms with Crippen molar-refractivity contribution in [1.29, 1.82) is 0 Å². The third-order valence-electron chi connectivity index (χ3n) is 2.93. The van der Waals surface area contributed by atoms with E-state index >= 15 is 0 Å². The molecular weight excluding hydrogens is 236 g/mol. The molecule has 0 atom stereocenters. The van der Waals surface area contributed by atoms with E-state index in [9.17, 15) is 8.42 Å². The van der Waals surface area contributed by atoms with Gasteiger partial charge in [0.25, 0.3) is 0 Å². The first-order valence-corrected chi connectivity index (χ1v) is 6.71. The van der Waals surface area contributed by atoms with E-state index in [0.29, 0.717) is 11.8 Å². The minimum atomic E-state index is -3.72. The SMILES string of the molecule is NS(=O)(=O)c1c2c(cc3cnccc13)C=CC2. The van der Waals surface area contributed by atoms with Crippen molar-refractivity contribution in [1.82, 2.24) is 4.98 Å². The maximum absolute atomic E-state index is 11.7. The number of nitrogens with zero attached hydrogens (tertiary/aromatic N) is 1. The van der Waals surface area contributed by atoms with Gasteiger partial charge in [0.05, 0.1) is 4.90 Å². The second-order valence-corrected chi connectivity index (χ2v) is 5.52. The van der Waals surface area contributed by atoms with Gasteiger partial charge in [-0.3, -0.25) is 4.98 Å². The van der Waals surface area contributed by atoms with E-state index in [1.807, 2.05) is 18.2 Å². The third-order valence-corrected chi connectivity index (χ3v) is 3.97. The molecule has 4 nitrogen and oxygen atoms in total. The molecule has 0 bridgehead atoms. The maximum Gasteiger partial charge on any atom is 0.238 e. The van der Waals surface area contributed by atoms with Gasteiger partial charge in [-0.15, -0.1) is 0 Å². The van der Waals surface area contributed by atoms with Crippen LogP contribution in [0.3, 0.4) is 0 Å². The van der Waals surface area contributed by atoms with Gasteiger partial charge in [0.2, 0.25) is 10.0 Å². The summed E-state index contributed by atoms with van der Waals surface area (Å²) in [5.41, 5.74) is 1.70. The summed E-state index contributed by atoms with van der Waals surface area (Å²) in [4.78, 5) is 4.24. The van der Waals surface area contributed by atoms with E-state index in [-0.39, 0.29) is 4.90 Å². The molecule has 1 aromatic heterocycles. The van der Waals surface area contributed by atoms with Crippen LogP contribution in [0.5, 0.6) is 0 Å². The first-order chi connectivity index (χ1) is 8.07. The molecule has 86 valence electrons. The molecule has 17 heavy (non-hydrogen) atoms. The van der Waals surface area contributed by atoms with Crippen molar-refractivity contribution in [2.45, 2.75) is 11.3 Å². The highest BCUT2D eigenvalue weighted by molar-refractivity contribution is 7.89. The Hall–Kier alpha value is -1.72. The van der Waals surface area contributed by atoms with Gasteiger partial charge >= 0.3 is 0 Å². The predicted molar refractivity (Wildman–Crippen MR) is 65.9 cm³/mol. The number of nitrogens with two attached hydrogens (primary N) is 1. The zero-order valence-electron chi connectivity index (χ0n) is 8.92. The second-order valence-electron chi connectivity index (χ2n) is 4.02. The Balaban J connectivity index is 2.55. The summed E-state index contributed by atoms with van der Waals surface area (Å²) in [6.45, 7) is 0. The Kier molecular flexibility index (Phi) is 2.08. The highest BCUT2D eigenvalue weighted by Crippen LogP contribution is 2.32. The van der Waals surface area contributed by atoms with Crippen LogP contribution in [0.4, 0.5) is 0 Å². The number of primary sulfonamides is 1. The molecule has 3 rings (SSSR count). The lowest BCUT2D eigenvalue weighted by Crippen LogP contribution is -2.15. The van der Waals surface area contributed by atoms with Crippen molar-refractivity contribution in [3.05, 3.63) is 41.7 Å². The van der Waals surface area contributed by atoms with Crippen molar-refractivity contribution in [3.63, 3.8) is 0 Å². The molecule has 1 aliphatic rings. The lowest BCUT2D eigenvalue weighted by molar-refractivity contribution is 0.598. The smallest absolute Gasteiger partial charge is 0.238 e. The average molecular weight is 246 g/mol. The van der Waals surface area contributed by atoms with Crippen LogP contribution < -0.4 is 5.14 Å². The van der Waals surface area contributed by atoms with Crippen molar-refractivity contribution in [2.75, 3.05) is 0 Å². The molecule has 0 radical (unpaired) electrons. The highest BCUT2D eigenvalue weighted by atomic mass is 32.2. The standard InChI is InChI=1S/C12H10N2O2S/c13-17(15,16)12-10-3-1-2-8(10)6-9-7-14-5-4-11(9)12/h1-2,4-7H,3H2,(H2,13,15,16). The van der Waals surface area contributed by atoms with Crippen LogP contribution in [-0.2, 0) is 16.4 Å². The number of allylic oxidation sites excluding steroid dienone is 1. The first kappa shape index (κ1) is 10.4. The summed E-state index contributed by atoms with van der Waals surface area (Å²) < 4.78 is 23.5. The number of rotatable bonds is 1. The van der Waals surface area contributed by atoms with E-state index in [4.69, 9.17) is 5.14 Å². The van der Waals surface area contributed by atoms with E-state index in [1.165, 1.54) is 0 Å². The fraction of sp³-hybridized carbons (Fsp3) is 0.0833. The highest BCUT2D eigenvalue weighted by Gasteiger charge is 2.21. The quantitative estimate of drug-likeness (QED) is 0.827. The van der Waals surface area contributed by atoms with Gasteiger partial charge in [0.15, 0.2) is 0 Å². The molecule has 0 saturated heterocycles. The molecule has 1 aromatic carbocycles. The molecule has 2 aromatic rings. The summed E-state index contributed by atoms with van der Waals surface area (Å²) >= 11 is 0. The summed E-state index contributed by atoms with van der Waals surface area (Å²) in [5.74, 6) is 0. The monoisotopic (exact) mass is 246 g/mol. The van der Waals surface area contributed by atoms with Crippen LogP contribution >= 0.6 is 0 Å². The van der Waals surface area contributed by atoms with Crippen molar-refractivity contribution in [2.24, 2.45) is 5.14 Å². The normalized spacial score (nSPS) is 14.2. The number of fused-ring (bicyclic) bond motifs is 2. The Labute approximate surface area is 98.8 Å². The zero-order valence-corrected chi connectivity index (χ0v) is 9.74. The number of benzene rings is 1. The molecule has 0 amide bonds. The fourth-order valence-electron chi connectivity index (χ4n) is 2.26. The largest absolute Gasteiger partial charge is 0.264 e. The lowest BCUT2D eigenvalue weighted by Gasteiger charge is -2.10. The molecule has 0 fully saturated rings. The molecule has 5 heteroatoms. The number of sulfonamides is 1. The van der Waals surface area contributed by atoms with E-state index in [0.717, 1.165) is 16.5 Å². The fourth-order valence-corrected chi connectivity index (χ4v) is 3.30. The van der Waals surface area contributed by atoms with Crippen LogP contribution in [0.2, 0.25) is 0 Å².